The normalized spacial score (nSPS) is 13.2. The Balaban J connectivity index is 3.23. The van der Waals surface area contributed by atoms with Gasteiger partial charge in [-0.05, 0) is 19.9 Å². The predicted octanol–water partition coefficient (Wildman–Crippen LogP) is 2.56. The van der Waals surface area contributed by atoms with Gasteiger partial charge in [0.2, 0.25) is 0 Å². The van der Waals surface area contributed by atoms with Crippen LogP contribution < -0.4 is 0 Å². The van der Waals surface area contributed by atoms with Gasteiger partial charge in [0.25, 0.3) is 5.69 Å². The van der Waals surface area contributed by atoms with Crippen molar-refractivity contribution in [1.82, 2.24) is 0 Å². The van der Waals surface area contributed by atoms with Gasteiger partial charge in [-0.1, -0.05) is 0 Å². The van der Waals surface area contributed by atoms with Gasteiger partial charge < -0.3 is 19.3 Å². The Morgan fingerprint density at radius 3 is 2.35 bits per heavy atom. The van der Waals surface area contributed by atoms with Crippen LogP contribution >= 0.6 is 7.60 Å². The number of nitro benzene ring substituents is 1. The number of nitrogens with zero attached hydrogens (tertiary/aromatic N) is 1. The molecule has 1 aromatic rings. The van der Waals surface area contributed by atoms with Crippen LogP contribution in [0.25, 0.3) is 0 Å². The van der Waals surface area contributed by atoms with E-state index in [1.165, 1.54) is 0 Å². The van der Waals surface area contributed by atoms with Crippen molar-refractivity contribution in [1.29, 1.82) is 0 Å². The van der Waals surface area contributed by atoms with Crippen molar-refractivity contribution >= 4 is 13.3 Å². The molecule has 0 bridgehead atoms. The minimum absolute atomic E-state index is 0.0179. The lowest BCUT2D eigenvalue weighted by molar-refractivity contribution is -0.385. The molecule has 0 aliphatic carbocycles. The van der Waals surface area contributed by atoms with Crippen LogP contribution in [0.5, 0.6) is 5.75 Å². The molecule has 0 unspecified atom stereocenters. The first kappa shape index (κ1) is 16.6. The van der Waals surface area contributed by atoms with E-state index in [1.807, 2.05) is 0 Å². The highest BCUT2D eigenvalue weighted by Crippen LogP contribution is 2.60. The lowest BCUT2D eigenvalue weighted by Crippen LogP contribution is -2.07. The van der Waals surface area contributed by atoms with Gasteiger partial charge >= 0.3 is 7.60 Å². The zero-order valence-electron chi connectivity index (χ0n) is 11.1. The van der Waals surface area contributed by atoms with Crippen molar-refractivity contribution in [3.8, 4) is 5.75 Å². The second kappa shape index (κ2) is 6.81. The van der Waals surface area contributed by atoms with Crippen molar-refractivity contribution in [2.24, 2.45) is 0 Å². The molecule has 1 atom stereocenters. The fourth-order valence-electron chi connectivity index (χ4n) is 1.57. The van der Waals surface area contributed by atoms with E-state index in [1.54, 1.807) is 13.8 Å². The van der Waals surface area contributed by atoms with E-state index >= 15 is 0 Å². The molecule has 8 nitrogen and oxygen atoms in total. The number of aliphatic hydroxyl groups excluding tert-OH is 1. The van der Waals surface area contributed by atoms with Crippen LogP contribution in [0.4, 0.5) is 5.69 Å². The van der Waals surface area contributed by atoms with E-state index in [0.717, 1.165) is 18.2 Å². The van der Waals surface area contributed by atoms with Crippen molar-refractivity contribution in [3.63, 3.8) is 0 Å². The van der Waals surface area contributed by atoms with E-state index in [4.69, 9.17) is 9.05 Å². The molecule has 0 spiro atoms. The summed E-state index contributed by atoms with van der Waals surface area (Å²) in [6, 6.07) is 3.04. The molecule has 0 heterocycles. The van der Waals surface area contributed by atoms with Gasteiger partial charge in [-0.25, -0.2) is 0 Å². The Hall–Kier alpha value is -1.47. The molecule has 0 amide bonds. The zero-order chi connectivity index (χ0) is 15.3. The number of phenolic OH excluding ortho intramolecular Hbond substituents is 1. The van der Waals surface area contributed by atoms with Crippen LogP contribution in [-0.2, 0) is 13.6 Å². The van der Waals surface area contributed by atoms with Crippen LogP contribution in [0.3, 0.4) is 0 Å². The second-order valence-corrected chi connectivity index (χ2v) is 5.83. The van der Waals surface area contributed by atoms with E-state index in [-0.39, 0.29) is 24.5 Å². The highest BCUT2D eigenvalue weighted by molar-refractivity contribution is 7.54. The maximum atomic E-state index is 12.4. The van der Waals surface area contributed by atoms with Gasteiger partial charge in [-0.2, -0.15) is 0 Å². The second-order valence-electron chi connectivity index (χ2n) is 3.75. The SMILES string of the molecule is CCOP(=O)(OCC)[C@H](O)c1cc([N+](=O)[O-])ccc1O. The lowest BCUT2D eigenvalue weighted by atomic mass is 10.2. The number of hydrogen-bond donors (Lipinski definition) is 2. The zero-order valence-corrected chi connectivity index (χ0v) is 11.9. The molecule has 0 fully saturated rings. The number of non-ortho nitro benzene ring substituents is 1. The standard InChI is InChI=1S/C11H16NO7P/c1-3-18-20(17,19-4-2)11(14)9-7-8(12(15)16)5-6-10(9)13/h5-7,11,13-14H,3-4H2,1-2H3/t11-/m0/s1. The Kier molecular flexibility index (Phi) is 5.64. The first-order valence-corrected chi connectivity index (χ1v) is 7.51. The Bertz CT molecular complexity index is 524. The first-order valence-electron chi connectivity index (χ1n) is 5.89. The highest BCUT2D eigenvalue weighted by Gasteiger charge is 2.37. The fourth-order valence-corrected chi connectivity index (χ4v) is 3.20. The summed E-state index contributed by atoms with van der Waals surface area (Å²) in [6.07, 6.45) is 0. The van der Waals surface area contributed by atoms with Gasteiger partial charge in [0.15, 0.2) is 5.85 Å². The monoisotopic (exact) mass is 305 g/mol. The fraction of sp³-hybridized carbons (Fsp3) is 0.455. The van der Waals surface area contributed by atoms with Crippen LogP contribution in [0.1, 0.15) is 25.3 Å². The minimum atomic E-state index is -3.94. The average molecular weight is 305 g/mol. The summed E-state index contributed by atoms with van der Waals surface area (Å²) in [7, 11) is -3.94. The van der Waals surface area contributed by atoms with Crippen molar-refractivity contribution < 1.29 is 28.7 Å². The van der Waals surface area contributed by atoms with E-state index in [0.29, 0.717) is 0 Å². The summed E-state index contributed by atoms with van der Waals surface area (Å²) in [5.41, 5.74) is -0.624. The van der Waals surface area contributed by atoms with Gasteiger partial charge in [0.1, 0.15) is 5.75 Å². The largest absolute Gasteiger partial charge is 0.508 e. The summed E-state index contributed by atoms with van der Waals surface area (Å²) < 4.78 is 22.3. The van der Waals surface area contributed by atoms with Crippen LogP contribution in [0, 0.1) is 10.1 Å². The number of aromatic hydroxyl groups is 1. The molecule has 2 N–H and O–H groups in total. The van der Waals surface area contributed by atoms with E-state index in [2.05, 4.69) is 0 Å². The summed E-state index contributed by atoms with van der Waals surface area (Å²) in [5, 5.41) is 30.5. The number of hydrogen-bond acceptors (Lipinski definition) is 7. The maximum absolute atomic E-state index is 12.4. The first-order chi connectivity index (χ1) is 9.35. The maximum Gasteiger partial charge on any atom is 0.363 e. The molecule has 112 valence electrons. The average Bonchev–Trinajstić information content (AvgIpc) is 2.38. The Labute approximate surface area is 115 Å². The topological polar surface area (TPSA) is 119 Å². The molecule has 9 heteroatoms. The smallest absolute Gasteiger partial charge is 0.363 e. The third kappa shape index (κ3) is 3.55. The van der Waals surface area contributed by atoms with Crippen LogP contribution in [0.15, 0.2) is 18.2 Å². The molecule has 0 aliphatic rings. The van der Waals surface area contributed by atoms with Gasteiger partial charge in [-0.3, -0.25) is 14.7 Å². The van der Waals surface area contributed by atoms with E-state index < -0.39 is 24.1 Å². The molecule has 0 aromatic heterocycles. The number of rotatable bonds is 7. The predicted molar refractivity (Wildman–Crippen MR) is 70.6 cm³/mol. The molecular formula is C11H16NO7P. The minimum Gasteiger partial charge on any atom is -0.508 e. The van der Waals surface area contributed by atoms with Gasteiger partial charge in [0, 0.05) is 17.7 Å². The summed E-state index contributed by atoms with van der Waals surface area (Å²) in [6.45, 7) is 3.16. The van der Waals surface area contributed by atoms with Gasteiger partial charge in [0.05, 0.1) is 18.1 Å². The third-order valence-corrected chi connectivity index (χ3v) is 4.53. The van der Waals surface area contributed by atoms with Crippen molar-refractivity contribution in [2.45, 2.75) is 19.7 Å². The van der Waals surface area contributed by atoms with Gasteiger partial charge in [-0.15, -0.1) is 0 Å². The van der Waals surface area contributed by atoms with Crippen LogP contribution in [-0.4, -0.2) is 28.4 Å². The summed E-state index contributed by atoms with van der Waals surface area (Å²) >= 11 is 0. The Morgan fingerprint density at radius 1 is 1.35 bits per heavy atom. The summed E-state index contributed by atoms with van der Waals surface area (Å²) in [4.78, 5) is 10.0. The number of nitro groups is 1. The molecule has 0 radical (unpaired) electrons. The molecule has 20 heavy (non-hydrogen) atoms. The summed E-state index contributed by atoms with van der Waals surface area (Å²) in [5.74, 6) is -2.23. The molecule has 0 saturated heterocycles. The Morgan fingerprint density at radius 2 is 1.90 bits per heavy atom. The molecular weight excluding hydrogens is 289 g/mol. The van der Waals surface area contributed by atoms with Crippen molar-refractivity contribution in [2.75, 3.05) is 13.2 Å². The molecule has 0 aliphatic heterocycles. The highest BCUT2D eigenvalue weighted by atomic mass is 31.2. The third-order valence-electron chi connectivity index (χ3n) is 2.42. The van der Waals surface area contributed by atoms with Crippen LogP contribution in [0.2, 0.25) is 0 Å². The number of phenols is 1. The quantitative estimate of drug-likeness (QED) is 0.451. The number of benzene rings is 1. The van der Waals surface area contributed by atoms with E-state index in [9.17, 15) is 24.9 Å². The molecule has 0 saturated carbocycles. The molecule has 1 aromatic carbocycles. The van der Waals surface area contributed by atoms with Crippen molar-refractivity contribution in [3.05, 3.63) is 33.9 Å². The molecule has 1 rings (SSSR count). The number of aliphatic hydroxyl groups is 1. The lowest BCUT2D eigenvalue weighted by Gasteiger charge is -2.22.